The third-order valence-electron chi connectivity index (χ3n) is 2.23. The SMILES string of the molecule is C.C#C.C=CCC(C)C1=CCCC1.CC.CC.CC. The number of rotatable bonds is 3. The first-order valence-electron chi connectivity index (χ1n) is 7.47. The lowest BCUT2D eigenvalue weighted by molar-refractivity contribution is 0.667. The van der Waals surface area contributed by atoms with Gasteiger partial charge in [-0.1, -0.05) is 73.6 Å². The average molecular weight is 269 g/mol. The largest absolute Gasteiger partial charge is 0.124 e. The number of terminal acetylenes is 1. The number of allylic oxidation sites excluding steroid dienone is 3. The second kappa shape index (κ2) is 36.0. The average Bonchev–Trinajstić information content (AvgIpc) is 3.02. The highest BCUT2D eigenvalue weighted by atomic mass is 14.2. The molecule has 1 aliphatic carbocycles. The third-order valence-corrected chi connectivity index (χ3v) is 2.23. The van der Waals surface area contributed by atoms with Gasteiger partial charge in [0.05, 0.1) is 0 Å². The summed E-state index contributed by atoms with van der Waals surface area (Å²) in [6.07, 6.45) is 17.6. The van der Waals surface area contributed by atoms with Gasteiger partial charge in [0, 0.05) is 0 Å². The first-order valence-corrected chi connectivity index (χ1v) is 7.47. The molecule has 1 atom stereocenters. The van der Waals surface area contributed by atoms with E-state index in [1.165, 1.54) is 19.3 Å². The van der Waals surface area contributed by atoms with Crippen LogP contribution in [0.2, 0.25) is 0 Å². The zero-order chi connectivity index (χ0) is 15.4. The zero-order valence-electron chi connectivity index (χ0n) is 13.9. The van der Waals surface area contributed by atoms with E-state index >= 15 is 0 Å². The van der Waals surface area contributed by atoms with Gasteiger partial charge in [0.2, 0.25) is 0 Å². The molecule has 0 bridgehead atoms. The molecule has 0 aromatic rings. The van der Waals surface area contributed by atoms with Gasteiger partial charge in [-0.3, -0.25) is 0 Å². The zero-order valence-corrected chi connectivity index (χ0v) is 13.9. The fraction of sp³-hybridized carbons (Fsp3) is 0.684. The van der Waals surface area contributed by atoms with Gasteiger partial charge >= 0.3 is 0 Å². The molecule has 0 N–H and O–H groups in total. The molecule has 0 spiro atoms. The van der Waals surface area contributed by atoms with Crippen molar-refractivity contribution in [2.24, 2.45) is 5.92 Å². The van der Waals surface area contributed by atoms with Crippen LogP contribution < -0.4 is 0 Å². The van der Waals surface area contributed by atoms with E-state index in [1.54, 1.807) is 5.57 Å². The van der Waals surface area contributed by atoms with Gasteiger partial charge in [0.1, 0.15) is 0 Å². The first-order chi connectivity index (χ1) is 8.84. The van der Waals surface area contributed by atoms with Crippen LogP contribution in [0.3, 0.4) is 0 Å². The Morgan fingerprint density at radius 2 is 1.58 bits per heavy atom. The summed E-state index contributed by atoms with van der Waals surface area (Å²) in [5.74, 6) is 0.750. The van der Waals surface area contributed by atoms with Crippen molar-refractivity contribution in [1.29, 1.82) is 0 Å². The summed E-state index contributed by atoms with van der Waals surface area (Å²) in [5, 5.41) is 0. The lowest BCUT2D eigenvalue weighted by atomic mass is 9.97. The molecule has 116 valence electrons. The lowest BCUT2D eigenvalue weighted by Gasteiger charge is -2.08. The van der Waals surface area contributed by atoms with Crippen LogP contribution >= 0.6 is 0 Å². The molecule has 0 heteroatoms. The van der Waals surface area contributed by atoms with Gasteiger partial charge in [0.15, 0.2) is 0 Å². The Morgan fingerprint density at radius 3 is 1.84 bits per heavy atom. The van der Waals surface area contributed by atoms with Gasteiger partial charge < -0.3 is 0 Å². The molecular formula is C19H40. The van der Waals surface area contributed by atoms with Crippen molar-refractivity contribution in [3.05, 3.63) is 24.3 Å². The van der Waals surface area contributed by atoms with Crippen LogP contribution in [0, 0.1) is 18.8 Å². The van der Waals surface area contributed by atoms with E-state index in [1.807, 2.05) is 47.6 Å². The van der Waals surface area contributed by atoms with Crippen LogP contribution in [-0.4, -0.2) is 0 Å². The second-order valence-electron chi connectivity index (χ2n) is 3.10. The monoisotopic (exact) mass is 268 g/mol. The molecule has 1 aliphatic rings. The molecule has 1 rings (SSSR count). The summed E-state index contributed by atoms with van der Waals surface area (Å²) >= 11 is 0. The molecule has 0 saturated carbocycles. The second-order valence-corrected chi connectivity index (χ2v) is 3.10. The smallest absolute Gasteiger partial charge is 0.0197 e. The minimum absolute atomic E-state index is 0. The maximum absolute atomic E-state index is 4.00. The van der Waals surface area contributed by atoms with Gasteiger partial charge in [-0.15, -0.1) is 19.4 Å². The molecule has 1 unspecified atom stereocenters. The van der Waals surface area contributed by atoms with Crippen LogP contribution in [0.4, 0.5) is 0 Å². The van der Waals surface area contributed by atoms with E-state index in [-0.39, 0.29) is 7.43 Å². The minimum atomic E-state index is 0. The molecule has 0 aliphatic heterocycles. The quantitative estimate of drug-likeness (QED) is 0.373. The standard InChI is InChI=1S/C10H16.3C2H6.C2H2.CH4/c1-3-6-9(2)10-7-4-5-8-10;4*1-2;/h3,7,9H,1,4-6,8H2,2H3;3*1-2H3;1-2H;1H4. The Hall–Kier alpha value is -0.960. The molecule has 0 aromatic heterocycles. The Morgan fingerprint density at radius 1 is 1.16 bits per heavy atom. The van der Waals surface area contributed by atoms with Crippen LogP contribution in [0.1, 0.15) is 81.6 Å². The normalized spacial score (nSPS) is 11.7. The highest BCUT2D eigenvalue weighted by Crippen LogP contribution is 2.26. The fourth-order valence-corrected chi connectivity index (χ4v) is 1.54. The first kappa shape index (κ1) is 30.8. The van der Waals surface area contributed by atoms with Gasteiger partial charge in [-0.2, -0.15) is 0 Å². The number of hydrogen-bond donors (Lipinski definition) is 0. The van der Waals surface area contributed by atoms with Crippen molar-refractivity contribution in [3.63, 3.8) is 0 Å². The predicted octanol–water partition coefficient (Wildman–Crippen LogP) is 7.27. The lowest BCUT2D eigenvalue weighted by Crippen LogP contribution is -1.94. The van der Waals surface area contributed by atoms with Crippen LogP contribution in [0.5, 0.6) is 0 Å². The molecule has 0 aromatic carbocycles. The van der Waals surface area contributed by atoms with E-state index in [0.29, 0.717) is 0 Å². The van der Waals surface area contributed by atoms with Gasteiger partial charge in [-0.25, -0.2) is 0 Å². The highest BCUT2D eigenvalue weighted by Gasteiger charge is 2.10. The molecule has 19 heavy (non-hydrogen) atoms. The van der Waals surface area contributed by atoms with Crippen LogP contribution in [0.15, 0.2) is 24.3 Å². The maximum atomic E-state index is 4.00. The van der Waals surface area contributed by atoms with Crippen molar-refractivity contribution < 1.29 is 0 Å². The Kier molecular flexibility index (Phi) is 58.3. The van der Waals surface area contributed by atoms with Crippen molar-refractivity contribution in [2.75, 3.05) is 0 Å². The fourth-order valence-electron chi connectivity index (χ4n) is 1.54. The van der Waals surface area contributed by atoms with E-state index < -0.39 is 0 Å². The third kappa shape index (κ3) is 22.7. The van der Waals surface area contributed by atoms with Gasteiger partial charge in [-0.05, 0) is 31.6 Å². The summed E-state index contributed by atoms with van der Waals surface area (Å²) in [4.78, 5) is 0. The van der Waals surface area contributed by atoms with Crippen LogP contribution in [0.25, 0.3) is 0 Å². The highest BCUT2D eigenvalue weighted by molar-refractivity contribution is 5.11. The molecule has 0 fully saturated rings. The molecular weight excluding hydrogens is 228 g/mol. The molecule has 0 radical (unpaired) electrons. The summed E-state index contributed by atoms with van der Waals surface area (Å²) in [5.41, 5.74) is 1.65. The van der Waals surface area contributed by atoms with E-state index in [9.17, 15) is 0 Å². The van der Waals surface area contributed by atoms with Gasteiger partial charge in [0.25, 0.3) is 0 Å². The summed E-state index contributed by atoms with van der Waals surface area (Å²) in [6, 6.07) is 0. The summed E-state index contributed by atoms with van der Waals surface area (Å²) < 4.78 is 0. The van der Waals surface area contributed by atoms with Crippen molar-refractivity contribution >= 4 is 0 Å². The summed E-state index contributed by atoms with van der Waals surface area (Å²) in [7, 11) is 0. The minimum Gasteiger partial charge on any atom is -0.124 e. The molecule has 0 saturated heterocycles. The van der Waals surface area contributed by atoms with Crippen molar-refractivity contribution in [3.8, 4) is 12.8 Å². The Bertz CT molecular complexity index is 172. The van der Waals surface area contributed by atoms with Crippen molar-refractivity contribution in [2.45, 2.75) is 81.6 Å². The molecule has 0 amide bonds. The Labute approximate surface area is 125 Å². The van der Waals surface area contributed by atoms with Crippen molar-refractivity contribution in [1.82, 2.24) is 0 Å². The molecule has 0 nitrogen and oxygen atoms in total. The number of hydrogen-bond acceptors (Lipinski definition) is 0. The molecule has 0 heterocycles. The van der Waals surface area contributed by atoms with E-state index in [0.717, 1.165) is 12.3 Å². The predicted molar refractivity (Wildman–Crippen MR) is 96.6 cm³/mol. The summed E-state index contributed by atoms with van der Waals surface area (Å²) in [6.45, 7) is 18.0. The topological polar surface area (TPSA) is 0 Å². The van der Waals surface area contributed by atoms with E-state index in [2.05, 4.69) is 32.4 Å². The van der Waals surface area contributed by atoms with Crippen LogP contribution in [-0.2, 0) is 0 Å². The maximum Gasteiger partial charge on any atom is -0.0197 e. The van der Waals surface area contributed by atoms with E-state index in [4.69, 9.17) is 0 Å². The Balaban J connectivity index is -0.0000000628.